The number of aromatic nitrogens is 3. The van der Waals surface area contributed by atoms with Crippen molar-refractivity contribution in [2.24, 2.45) is 11.3 Å². The maximum absolute atomic E-state index is 13.3. The molecule has 0 saturated heterocycles. The standard InChI is InChI=1S/C30H31N3O8/c34-25(23-18-41-26-16-20(10-11-21(23)26)40-15-12-19-6-2-1-3-7-19)17-30(28(36)37,29(38)39)13-14-33-27(35)22-8-4-5-9-24(22)31-32-33/h4-5,8-11,16,18-19H,1-3,6-7,12-15,17H2,(H,36,37)(H,38,39). The summed E-state index contributed by atoms with van der Waals surface area (Å²) in [4.78, 5) is 50.7. The van der Waals surface area contributed by atoms with Crippen molar-refractivity contribution in [2.75, 3.05) is 6.61 Å². The molecule has 0 radical (unpaired) electrons. The zero-order valence-corrected chi connectivity index (χ0v) is 22.5. The quantitative estimate of drug-likeness (QED) is 0.183. The summed E-state index contributed by atoms with van der Waals surface area (Å²) in [5.74, 6) is -2.83. The second-order valence-corrected chi connectivity index (χ2v) is 10.6. The monoisotopic (exact) mass is 561 g/mol. The second kappa shape index (κ2) is 11.9. The van der Waals surface area contributed by atoms with Gasteiger partial charge in [-0.1, -0.05) is 49.5 Å². The Morgan fingerprint density at radius 1 is 1.02 bits per heavy atom. The summed E-state index contributed by atoms with van der Waals surface area (Å²) in [6.07, 6.45) is 7.05. The number of rotatable bonds is 12. The highest BCUT2D eigenvalue weighted by molar-refractivity contribution is 6.11. The summed E-state index contributed by atoms with van der Waals surface area (Å²) >= 11 is 0. The van der Waals surface area contributed by atoms with Crippen LogP contribution in [0.2, 0.25) is 0 Å². The van der Waals surface area contributed by atoms with Gasteiger partial charge < -0.3 is 19.4 Å². The van der Waals surface area contributed by atoms with E-state index in [-0.39, 0.29) is 17.5 Å². The van der Waals surface area contributed by atoms with Gasteiger partial charge in [-0.15, -0.1) is 5.10 Å². The Morgan fingerprint density at radius 2 is 1.78 bits per heavy atom. The highest BCUT2D eigenvalue weighted by Crippen LogP contribution is 2.34. The summed E-state index contributed by atoms with van der Waals surface area (Å²) in [5.41, 5.74) is -2.24. The van der Waals surface area contributed by atoms with Crippen molar-refractivity contribution in [3.8, 4) is 5.75 Å². The molecule has 2 aromatic carbocycles. The lowest BCUT2D eigenvalue weighted by atomic mass is 9.78. The van der Waals surface area contributed by atoms with Crippen molar-refractivity contribution in [2.45, 2.75) is 57.9 Å². The number of furan rings is 1. The lowest BCUT2D eigenvalue weighted by Crippen LogP contribution is -2.43. The van der Waals surface area contributed by atoms with Gasteiger partial charge in [0.2, 0.25) is 0 Å². The molecule has 2 aromatic heterocycles. The Balaban J connectivity index is 1.31. The fourth-order valence-electron chi connectivity index (χ4n) is 5.51. The van der Waals surface area contributed by atoms with Gasteiger partial charge >= 0.3 is 11.9 Å². The predicted molar refractivity (Wildman–Crippen MR) is 148 cm³/mol. The third-order valence-corrected chi connectivity index (χ3v) is 8.03. The molecule has 5 rings (SSSR count). The molecule has 41 heavy (non-hydrogen) atoms. The minimum absolute atomic E-state index is 0.0725. The Kier molecular flexibility index (Phi) is 8.14. The predicted octanol–water partition coefficient (Wildman–Crippen LogP) is 4.71. The van der Waals surface area contributed by atoms with E-state index in [1.807, 2.05) is 0 Å². The van der Waals surface area contributed by atoms with E-state index < -0.39 is 41.5 Å². The van der Waals surface area contributed by atoms with Crippen LogP contribution in [0.15, 0.2) is 57.9 Å². The van der Waals surface area contributed by atoms with Crippen LogP contribution in [-0.4, -0.2) is 49.5 Å². The number of carbonyl (C=O) groups is 3. The van der Waals surface area contributed by atoms with Crippen molar-refractivity contribution in [3.63, 3.8) is 0 Å². The number of fused-ring (bicyclic) bond motifs is 2. The maximum Gasteiger partial charge on any atom is 0.321 e. The Bertz CT molecular complexity index is 1640. The molecule has 0 aliphatic heterocycles. The molecular formula is C30H31N3O8. The largest absolute Gasteiger partial charge is 0.493 e. The number of ketones is 1. The first-order valence-corrected chi connectivity index (χ1v) is 13.7. The molecule has 0 unspecified atom stereocenters. The number of nitrogens with zero attached hydrogens (tertiary/aromatic N) is 3. The third-order valence-electron chi connectivity index (χ3n) is 8.03. The minimum atomic E-state index is -2.50. The van der Waals surface area contributed by atoms with Gasteiger partial charge in [0.1, 0.15) is 23.1 Å². The van der Waals surface area contributed by atoms with E-state index in [2.05, 4.69) is 10.3 Å². The average Bonchev–Trinajstić information content (AvgIpc) is 3.40. The number of hydrogen-bond acceptors (Lipinski definition) is 8. The van der Waals surface area contributed by atoms with Crippen LogP contribution in [0, 0.1) is 11.3 Å². The van der Waals surface area contributed by atoms with Gasteiger partial charge in [-0.2, -0.15) is 0 Å². The Labute approximate surface area is 234 Å². The van der Waals surface area contributed by atoms with Crippen molar-refractivity contribution in [1.29, 1.82) is 0 Å². The molecular weight excluding hydrogens is 530 g/mol. The number of ether oxygens (including phenoxy) is 1. The third kappa shape index (κ3) is 5.84. The first-order valence-electron chi connectivity index (χ1n) is 13.7. The lowest BCUT2D eigenvalue weighted by Gasteiger charge is -2.24. The zero-order chi connectivity index (χ0) is 29.0. The molecule has 214 valence electrons. The van der Waals surface area contributed by atoms with Crippen molar-refractivity contribution in [1.82, 2.24) is 15.0 Å². The van der Waals surface area contributed by atoms with E-state index in [0.717, 1.165) is 11.1 Å². The van der Waals surface area contributed by atoms with Crippen LogP contribution in [0.4, 0.5) is 0 Å². The van der Waals surface area contributed by atoms with E-state index in [1.165, 1.54) is 38.4 Å². The maximum atomic E-state index is 13.3. The van der Waals surface area contributed by atoms with Crippen molar-refractivity contribution < 1.29 is 33.8 Å². The smallest absolute Gasteiger partial charge is 0.321 e. The number of hydrogen-bond donors (Lipinski definition) is 2. The number of carboxylic acid groups (broad SMARTS) is 2. The molecule has 2 heterocycles. The number of aliphatic carboxylic acids is 2. The summed E-state index contributed by atoms with van der Waals surface area (Å²) in [7, 11) is 0. The lowest BCUT2D eigenvalue weighted by molar-refractivity contribution is -0.165. The highest BCUT2D eigenvalue weighted by Gasteiger charge is 2.48. The first-order chi connectivity index (χ1) is 19.8. The van der Waals surface area contributed by atoms with Crippen molar-refractivity contribution in [3.05, 3.63) is 64.6 Å². The summed E-state index contributed by atoms with van der Waals surface area (Å²) in [5, 5.41) is 28.4. The molecule has 0 bridgehead atoms. The van der Waals surface area contributed by atoms with Crippen LogP contribution < -0.4 is 10.3 Å². The Hall–Kier alpha value is -4.54. The fourth-order valence-corrected chi connectivity index (χ4v) is 5.51. The number of aryl methyl sites for hydroxylation is 1. The van der Waals surface area contributed by atoms with Crippen LogP contribution in [0.25, 0.3) is 21.9 Å². The van der Waals surface area contributed by atoms with Crippen molar-refractivity contribution >= 4 is 39.6 Å². The first kappa shape index (κ1) is 28.0. The molecule has 4 aromatic rings. The summed E-state index contributed by atoms with van der Waals surface area (Å²) in [6, 6.07) is 11.5. The second-order valence-electron chi connectivity index (χ2n) is 10.6. The average molecular weight is 562 g/mol. The molecule has 1 aliphatic rings. The SMILES string of the molecule is O=C(CC(CCn1nnc2ccccc2c1=O)(C(=O)O)C(=O)O)c1coc2cc(OCCC3CCCCC3)ccc12. The van der Waals surface area contributed by atoms with E-state index >= 15 is 0 Å². The molecule has 1 fully saturated rings. The Morgan fingerprint density at radius 3 is 2.54 bits per heavy atom. The fraction of sp³-hybridized carbons (Fsp3) is 0.400. The van der Waals surface area contributed by atoms with Crippen LogP contribution in [0.1, 0.15) is 61.7 Å². The highest BCUT2D eigenvalue weighted by atomic mass is 16.5. The van der Waals surface area contributed by atoms with Gasteiger partial charge in [-0.25, -0.2) is 4.68 Å². The van der Waals surface area contributed by atoms with E-state index in [9.17, 15) is 29.4 Å². The summed E-state index contributed by atoms with van der Waals surface area (Å²) < 4.78 is 12.4. The van der Waals surface area contributed by atoms with Crippen LogP contribution in [0.5, 0.6) is 5.75 Å². The van der Waals surface area contributed by atoms with Crippen LogP contribution in [0.3, 0.4) is 0 Å². The van der Waals surface area contributed by atoms with Gasteiger partial charge in [0.05, 0.1) is 17.6 Å². The molecule has 0 amide bonds. The number of carbonyl (C=O) groups excluding carboxylic acids is 1. The van der Waals surface area contributed by atoms with E-state index in [0.29, 0.717) is 34.8 Å². The topological polar surface area (TPSA) is 162 Å². The molecule has 11 heteroatoms. The molecule has 0 spiro atoms. The van der Waals surface area contributed by atoms with Gasteiger partial charge in [0, 0.05) is 24.4 Å². The molecule has 1 aliphatic carbocycles. The van der Waals surface area contributed by atoms with Crippen LogP contribution >= 0.6 is 0 Å². The molecule has 0 atom stereocenters. The number of carboxylic acids is 2. The van der Waals surface area contributed by atoms with Gasteiger partial charge in [0.15, 0.2) is 11.2 Å². The van der Waals surface area contributed by atoms with Gasteiger partial charge in [-0.3, -0.25) is 19.2 Å². The minimum Gasteiger partial charge on any atom is -0.493 e. The van der Waals surface area contributed by atoms with E-state index in [1.54, 1.807) is 42.5 Å². The zero-order valence-electron chi connectivity index (χ0n) is 22.5. The number of Topliss-reactive ketones (excluding diaryl/α,β-unsaturated/α-hetero) is 1. The van der Waals surface area contributed by atoms with Gasteiger partial charge in [0.25, 0.3) is 5.56 Å². The van der Waals surface area contributed by atoms with Crippen LogP contribution in [-0.2, 0) is 16.1 Å². The normalized spacial score (nSPS) is 14.3. The molecule has 2 N–H and O–H groups in total. The molecule has 1 saturated carbocycles. The van der Waals surface area contributed by atoms with Gasteiger partial charge in [-0.05, 0) is 43.0 Å². The van der Waals surface area contributed by atoms with E-state index in [4.69, 9.17) is 9.15 Å². The molecule has 11 nitrogen and oxygen atoms in total. The summed E-state index contributed by atoms with van der Waals surface area (Å²) in [6.45, 7) is 0.212. The number of benzene rings is 2.